The Hall–Kier alpha value is -2.65. The molecule has 2 aromatic rings. The number of hydrogen-bond acceptors (Lipinski definition) is 6. The molecule has 36 heavy (non-hydrogen) atoms. The second-order valence-corrected chi connectivity index (χ2v) is 9.45. The third-order valence-electron chi connectivity index (χ3n) is 5.45. The molecule has 12 heteroatoms. The number of amides is 3. The number of carbonyl (C=O) groups excluding carboxylic acids is 5. The topological polar surface area (TPSA) is 110 Å². The third-order valence-corrected chi connectivity index (χ3v) is 7.25. The van der Waals surface area contributed by atoms with Gasteiger partial charge in [-0.2, -0.15) is 0 Å². The fourth-order valence-electron chi connectivity index (χ4n) is 3.65. The van der Waals surface area contributed by atoms with Crippen LogP contribution in [0.5, 0.6) is 0 Å². The van der Waals surface area contributed by atoms with Crippen LogP contribution in [0.15, 0.2) is 24.3 Å². The first-order chi connectivity index (χ1) is 17.0. The fraction of sp³-hybridized carbons (Fsp3) is 0.292. The molecule has 190 valence electrons. The van der Waals surface area contributed by atoms with Crippen LogP contribution in [0.25, 0.3) is 0 Å². The van der Waals surface area contributed by atoms with Crippen LogP contribution in [-0.2, 0) is 14.3 Å². The monoisotopic (exact) mass is 572 g/mol. The Morgan fingerprint density at radius 3 is 2.08 bits per heavy atom. The minimum atomic E-state index is -1.34. The number of carbonyl (C=O) groups is 5. The highest BCUT2D eigenvalue weighted by Gasteiger charge is 2.47. The van der Waals surface area contributed by atoms with E-state index >= 15 is 0 Å². The van der Waals surface area contributed by atoms with Gasteiger partial charge >= 0.3 is 5.97 Å². The van der Waals surface area contributed by atoms with E-state index in [1.807, 2.05) is 6.92 Å². The predicted octanol–water partition coefficient (Wildman–Crippen LogP) is 5.84. The Morgan fingerprint density at radius 2 is 1.56 bits per heavy atom. The Labute approximate surface area is 226 Å². The van der Waals surface area contributed by atoms with Crippen LogP contribution < -0.4 is 5.32 Å². The third kappa shape index (κ3) is 5.52. The van der Waals surface area contributed by atoms with E-state index in [1.54, 1.807) is 18.2 Å². The summed E-state index contributed by atoms with van der Waals surface area (Å²) < 4.78 is 5.15. The lowest BCUT2D eigenvalue weighted by molar-refractivity contribution is -0.151. The molecule has 2 aromatic carbocycles. The van der Waals surface area contributed by atoms with Crippen LogP contribution in [0.4, 0.5) is 5.69 Å². The van der Waals surface area contributed by atoms with E-state index < -0.39 is 36.3 Å². The first kappa shape index (κ1) is 27.9. The molecule has 3 amide bonds. The van der Waals surface area contributed by atoms with Gasteiger partial charge in [-0.05, 0) is 25.5 Å². The second-order valence-electron chi connectivity index (χ2n) is 7.94. The molecule has 0 saturated carbocycles. The van der Waals surface area contributed by atoms with Gasteiger partial charge in [0.25, 0.3) is 17.7 Å². The van der Waals surface area contributed by atoms with Crippen molar-refractivity contribution >= 4 is 81.6 Å². The number of ether oxygens (including phenoxy) is 1. The first-order valence-corrected chi connectivity index (χ1v) is 12.3. The quantitative estimate of drug-likeness (QED) is 0.133. The SMILES string of the molecule is CCCC[C@@H](C(=O)OCC(=O)Nc1cccc(C(C)=O)c1)N1C(=O)c2c(Cl)c(Cl)c(Cl)c(Cl)c2C1=O. The zero-order valence-corrected chi connectivity index (χ0v) is 22.1. The Bertz CT molecular complexity index is 1230. The minimum absolute atomic E-state index is 0.0831. The van der Waals surface area contributed by atoms with Crippen LogP contribution in [-0.4, -0.2) is 47.0 Å². The fourth-order valence-corrected chi connectivity index (χ4v) is 4.66. The van der Waals surface area contributed by atoms with Crippen molar-refractivity contribution in [2.45, 2.75) is 39.2 Å². The lowest BCUT2D eigenvalue weighted by Crippen LogP contribution is -2.46. The molecule has 1 aliphatic heterocycles. The summed E-state index contributed by atoms with van der Waals surface area (Å²) in [6, 6.07) is 4.90. The number of halogens is 4. The lowest BCUT2D eigenvalue weighted by Gasteiger charge is -2.24. The zero-order chi connectivity index (χ0) is 26.7. The van der Waals surface area contributed by atoms with Gasteiger partial charge in [0.1, 0.15) is 6.04 Å². The summed E-state index contributed by atoms with van der Waals surface area (Å²) in [7, 11) is 0. The summed E-state index contributed by atoms with van der Waals surface area (Å²) in [5.41, 5.74) is 0.231. The molecule has 0 aromatic heterocycles. The molecule has 0 aliphatic carbocycles. The predicted molar refractivity (Wildman–Crippen MR) is 136 cm³/mol. The second kappa shape index (κ2) is 11.6. The van der Waals surface area contributed by atoms with Crippen molar-refractivity contribution in [2.24, 2.45) is 0 Å². The molecule has 0 bridgehead atoms. The molecular weight excluding hydrogens is 554 g/mol. The number of fused-ring (bicyclic) bond motifs is 1. The molecule has 1 N–H and O–H groups in total. The first-order valence-electron chi connectivity index (χ1n) is 10.8. The number of benzene rings is 2. The van der Waals surface area contributed by atoms with Crippen LogP contribution in [0.2, 0.25) is 20.1 Å². The maximum absolute atomic E-state index is 13.2. The van der Waals surface area contributed by atoms with Crippen molar-refractivity contribution in [3.63, 3.8) is 0 Å². The molecule has 0 fully saturated rings. The molecule has 1 aliphatic rings. The van der Waals surface area contributed by atoms with Crippen molar-refractivity contribution < 1.29 is 28.7 Å². The molecule has 1 heterocycles. The van der Waals surface area contributed by atoms with E-state index in [0.717, 1.165) is 0 Å². The normalized spacial score (nSPS) is 13.4. The Morgan fingerprint density at radius 1 is 0.972 bits per heavy atom. The average molecular weight is 574 g/mol. The Kier molecular flexibility index (Phi) is 9.00. The van der Waals surface area contributed by atoms with Crippen molar-refractivity contribution in [3.05, 3.63) is 61.0 Å². The van der Waals surface area contributed by atoms with Crippen LogP contribution >= 0.6 is 46.4 Å². The number of Topliss-reactive ketones (excluding diaryl/α,β-unsaturated/α-hetero) is 1. The standard InChI is InChI=1S/C24H20Cl4N2O6/c1-3-4-8-14(24(35)36-10-15(32)29-13-7-5-6-12(9-13)11(2)31)30-22(33)16-17(23(30)34)19(26)21(28)20(27)18(16)25/h5-7,9,14H,3-4,8,10H2,1-2H3,(H,29,32)/t14-/m0/s1. The molecule has 8 nitrogen and oxygen atoms in total. The van der Waals surface area contributed by atoms with Gasteiger partial charge in [-0.1, -0.05) is 78.3 Å². The number of anilines is 1. The average Bonchev–Trinajstić information content (AvgIpc) is 3.10. The molecule has 0 radical (unpaired) electrons. The maximum atomic E-state index is 13.2. The van der Waals surface area contributed by atoms with E-state index in [-0.39, 0.29) is 43.4 Å². The molecule has 3 rings (SSSR count). The van der Waals surface area contributed by atoms with Gasteiger partial charge < -0.3 is 10.1 Å². The summed E-state index contributed by atoms with van der Waals surface area (Å²) in [4.78, 5) is 63.9. The highest BCUT2D eigenvalue weighted by Crippen LogP contribution is 2.45. The molecule has 0 spiro atoms. The van der Waals surface area contributed by atoms with Crippen molar-refractivity contribution in [2.75, 3.05) is 11.9 Å². The van der Waals surface area contributed by atoms with Gasteiger partial charge in [-0.25, -0.2) is 4.79 Å². The van der Waals surface area contributed by atoms with E-state index in [0.29, 0.717) is 29.0 Å². The maximum Gasteiger partial charge on any atom is 0.329 e. The molecule has 0 unspecified atom stereocenters. The highest BCUT2D eigenvalue weighted by molar-refractivity contribution is 6.55. The van der Waals surface area contributed by atoms with Crippen molar-refractivity contribution in [1.29, 1.82) is 0 Å². The number of esters is 1. The van der Waals surface area contributed by atoms with Gasteiger partial charge in [0, 0.05) is 11.3 Å². The molecular formula is C24H20Cl4N2O6. The number of hydrogen-bond donors (Lipinski definition) is 1. The number of ketones is 1. The van der Waals surface area contributed by atoms with E-state index in [1.165, 1.54) is 13.0 Å². The summed E-state index contributed by atoms with van der Waals surface area (Å²) in [6.07, 6.45) is 1.21. The summed E-state index contributed by atoms with van der Waals surface area (Å²) >= 11 is 24.4. The minimum Gasteiger partial charge on any atom is -0.454 e. The lowest BCUT2D eigenvalue weighted by atomic mass is 10.1. The van der Waals surface area contributed by atoms with E-state index in [2.05, 4.69) is 5.32 Å². The van der Waals surface area contributed by atoms with Crippen molar-refractivity contribution in [3.8, 4) is 0 Å². The largest absolute Gasteiger partial charge is 0.454 e. The summed E-state index contributed by atoms with van der Waals surface area (Å²) in [5.74, 6) is -3.56. The van der Waals surface area contributed by atoms with Crippen LogP contribution in [0.3, 0.4) is 0 Å². The van der Waals surface area contributed by atoms with Gasteiger partial charge in [-0.3, -0.25) is 24.1 Å². The number of rotatable bonds is 9. The molecule has 0 saturated heterocycles. The Balaban J connectivity index is 1.79. The van der Waals surface area contributed by atoms with Crippen LogP contribution in [0.1, 0.15) is 64.2 Å². The molecule has 1 atom stereocenters. The van der Waals surface area contributed by atoms with Gasteiger partial charge in [0.05, 0.1) is 31.2 Å². The number of unbranched alkanes of at least 4 members (excludes halogenated alkanes) is 1. The summed E-state index contributed by atoms with van der Waals surface area (Å²) in [6.45, 7) is 2.56. The van der Waals surface area contributed by atoms with E-state index in [4.69, 9.17) is 51.1 Å². The van der Waals surface area contributed by atoms with Gasteiger partial charge in [0.2, 0.25) is 0 Å². The van der Waals surface area contributed by atoms with Gasteiger partial charge in [-0.15, -0.1) is 0 Å². The van der Waals surface area contributed by atoms with Crippen LogP contribution in [0, 0.1) is 0 Å². The van der Waals surface area contributed by atoms with E-state index in [9.17, 15) is 24.0 Å². The zero-order valence-electron chi connectivity index (χ0n) is 19.1. The number of nitrogens with one attached hydrogen (secondary N) is 1. The van der Waals surface area contributed by atoms with Gasteiger partial charge in [0.15, 0.2) is 12.4 Å². The van der Waals surface area contributed by atoms with Crippen molar-refractivity contribution in [1.82, 2.24) is 4.90 Å². The highest BCUT2D eigenvalue weighted by atomic mass is 35.5. The smallest absolute Gasteiger partial charge is 0.329 e. The number of imide groups is 1. The number of nitrogens with zero attached hydrogens (tertiary/aromatic N) is 1. The summed E-state index contributed by atoms with van der Waals surface area (Å²) in [5, 5.41) is 1.63.